The van der Waals surface area contributed by atoms with E-state index in [-0.39, 0.29) is 0 Å². The molecule has 1 aliphatic rings. The Bertz CT molecular complexity index is 306. The first-order valence-electron chi connectivity index (χ1n) is 5.91. The van der Waals surface area contributed by atoms with Gasteiger partial charge in [0.05, 0.1) is 6.61 Å². The van der Waals surface area contributed by atoms with Crippen molar-refractivity contribution in [1.82, 2.24) is 5.32 Å². The van der Waals surface area contributed by atoms with Gasteiger partial charge in [-0.05, 0) is 31.0 Å². The fourth-order valence-electron chi connectivity index (χ4n) is 1.92. The first-order valence-corrected chi connectivity index (χ1v) is 7.07. The lowest BCUT2D eigenvalue weighted by atomic mass is 10.1. The van der Waals surface area contributed by atoms with Gasteiger partial charge >= 0.3 is 0 Å². The van der Waals surface area contributed by atoms with Crippen LogP contribution in [0.4, 0.5) is 0 Å². The molecule has 0 spiro atoms. The van der Waals surface area contributed by atoms with E-state index >= 15 is 0 Å². The molecule has 1 aromatic carbocycles. The van der Waals surface area contributed by atoms with Crippen molar-refractivity contribution in [3.05, 3.63) is 29.8 Å². The predicted octanol–water partition coefficient (Wildman–Crippen LogP) is 2.33. The van der Waals surface area contributed by atoms with E-state index < -0.39 is 0 Å². The lowest BCUT2D eigenvalue weighted by molar-refractivity contribution is 0.340. The number of hydrogen-bond donors (Lipinski definition) is 1. The molecule has 1 heterocycles. The second-order valence-corrected chi connectivity index (χ2v) is 5.16. The van der Waals surface area contributed by atoms with Crippen LogP contribution in [-0.4, -0.2) is 30.7 Å². The molecule has 2 rings (SSSR count). The Labute approximate surface area is 102 Å². The largest absolute Gasteiger partial charge is 0.494 e. The number of nitrogens with one attached hydrogen (secondary N) is 1. The lowest BCUT2D eigenvalue weighted by Crippen LogP contribution is -2.38. The molecule has 0 amide bonds. The highest BCUT2D eigenvalue weighted by Crippen LogP contribution is 2.16. The molecule has 1 N–H and O–H groups in total. The monoisotopic (exact) mass is 237 g/mol. The number of thioether (sulfide) groups is 1. The van der Waals surface area contributed by atoms with Crippen LogP contribution in [0.1, 0.15) is 12.5 Å². The Balaban J connectivity index is 1.88. The highest BCUT2D eigenvalue weighted by Gasteiger charge is 2.12. The minimum atomic E-state index is 0.636. The normalized spacial score (nSPS) is 20.7. The molecule has 0 radical (unpaired) electrons. The van der Waals surface area contributed by atoms with E-state index in [1.165, 1.54) is 17.1 Å². The molecular formula is C13H19NOS. The van der Waals surface area contributed by atoms with Crippen molar-refractivity contribution >= 4 is 11.8 Å². The second kappa shape index (κ2) is 6.16. The van der Waals surface area contributed by atoms with E-state index in [1.54, 1.807) is 0 Å². The summed E-state index contributed by atoms with van der Waals surface area (Å²) < 4.78 is 5.43. The molecule has 0 saturated carbocycles. The van der Waals surface area contributed by atoms with Gasteiger partial charge in [-0.25, -0.2) is 0 Å². The third-order valence-electron chi connectivity index (χ3n) is 2.71. The maximum absolute atomic E-state index is 5.43. The maximum atomic E-state index is 5.43. The molecule has 1 saturated heterocycles. The summed E-state index contributed by atoms with van der Waals surface area (Å²) in [5.41, 5.74) is 1.39. The summed E-state index contributed by atoms with van der Waals surface area (Å²) in [4.78, 5) is 0. The van der Waals surface area contributed by atoms with Crippen molar-refractivity contribution in [3.8, 4) is 5.75 Å². The Kier molecular flexibility index (Phi) is 4.55. The van der Waals surface area contributed by atoms with Gasteiger partial charge in [0.15, 0.2) is 0 Å². The van der Waals surface area contributed by atoms with E-state index in [4.69, 9.17) is 4.74 Å². The Morgan fingerprint density at radius 2 is 2.19 bits per heavy atom. The van der Waals surface area contributed by atoms with Gasteiger partial charge in [0, 0.05) is 24.1 Å². The summed E-state index contributed by atoms with van der Waals surface area (Å²) in [7, 11) is 0. The quantitative estimate of drug-likeness (QED) is 0.868. The van der Waals surface area contributed by atoms with Crippen molar-refractivity contribution in [2.45, 2.75) is 19.4 Å². The lowest BCUT2D eigenvalue weighted by Gasteiger charge is -2.23. The van der Waals surface area contributed by atoms with Gasteiger partial charge in [0.1, 0.15) is 5.75 Å². The molecule has 0 aliphatic carbocycles. The Morgan fingerprint density at radius 1 is 1.38 bits per heavy atom. The van der Waals surface area contributed by atoms with Gasteiger partial charge in [0.2, 0.25) is 0 Å². The van der Waals surface area contributed by atoms with Gasteiger partial charge in [-0.2, -0.15) is 11.8 Å². The summed E-state index contributed by atoms with van der Waals surface area (Å²) in [5, 5.41) is 3.56. The van der Waals surface area contributed by atoms with E-state index in [2.05, 4.69) is 29.6 Å². The van der Waals surface area contributed by atoms with Gasteiger partial charge in [-0.15, -0.1) is 0 Å². The van der Waals surface area contributed by atoms with Crippen LogP contribution in [0.2, 0.25) is 0 Å². The zero-order chi connectivity index (χ0) is 11.2. The van der Waals surface area contributed by atoms with Crippen molar-refractivity contribution in [1.29, 1.82) is 0 Å². The maximum Gasteiger partial charge on any atom is 0.119 e. The average Bonchev–Trinajstić information content (AvgIpc) is 2.33. The number of rotatable bonds is 4. The molecule has 1 unspecified atom stereocenters. The van der Waals surface area contributed by atoms with Crippen LogP contribution in [0.3, 0.4) is 0 Å². The van der Waals surface area contributed by atoms with Gasteiger partial charge in [-0.1, -0.05) is 12.1 Å². The predicted molar refractivity (Wildman–Crippen MR) is 70.4 cm³/mol. The van der Waals surface area contributed by atoms with Gasteiger partial charge in [-0.3, -0.25) is 0 Å². The van der Waals surface area contributed by atoms with Gasteiger partial charge < -0.3 is 10.1 Å². The molecule has 16 heavy (non-hydrogen) atoms. The van der Waals surface area contributed by atoms with Crippen LogP contribution < -0.4 is 10.1 Å². The van der Waals surface area contributed by atoms with Crippen molar-refractivity contribution in [2.24, 2.45) is 0 Å². The molecule has 1 fully saturated rings. The van der Waals surface area contributed by atoms with E-state index in [0.717, 1.165) is 25.3 Å². The minimum Gasteiger partial charge on any atom is -0.494 e. The first-order chi connectivity index (χ1) is 7.88. The average molecular weight is 237 g/mol. The Hall–Kier alpha value is -0.670. The zero-order valence-electron chi connectivity index (χ0n) is 9.74. The summed E-state index contributed by atoms with van der Waals surface area (Å²) in [5.74, 6) is 3.45. The van der Waals surface area contributed by atoms with Crippen molar-refractivity contribution < 1.29 is 4.74 Å². The van der Waals surface area contributed by atoms with Crippen LogP contribution in [0.25, 0.3) is 0 Å². The van der Waals surface area contributed by atoms with Crippen LogP contribution in [0, 0.1) is 0 Å². The summed E-state index contributed by atoms with van der Waals surface area (Å²) >= 11 is 2.05. The number of benzene rings is 1. The number of ether oxygens (including phenoxy) is 1. The third kappa shape index (κ3) is 3.42. The summed E-state index contributed by atoms with van der Waals surface area (Å²) in [6, 6.07) is 9.11. The van der Waals surface area contributed by atoms with Crippen molar-refractivity contribution in [2.75, 3.05) is 24.7 Å². The molecule has 0 bridgehead atoms. The SMILES string of the molecule is CCOc1ccc(CC2CSCCN2)cc1. The smallest absolute Gasteiger partial charge is 0.119 e. The summed E-state index contributed by atoms with van der Waals surface area (Å²) in [6.45, 7) is 3.89. The fourth-order valence-corrected chi connectivity index (χ4v) is 2.87. The second-order valence-electron chi connectivity index (χ2n) is 4.01. The molecule has 3 heteroatoms. The molecule has 2 nitrogen and oxygen atoms in total. The topological polar surface area (TPSA) is 21.3 Å². The van der Waals surface area contributed by atoms with E-state index in [1.807, 2.05) is 18.7 Å². The highest BCUT2D eigenvalue weighted by atomic mass is 32.2. The van der Waals surface area contributed by atoms with E-state index in [9.17, 15) is 0 Å². The van der Waals surface area contributed by atoms with E-state index in [0.29, 0.717) is 6.04 Å². The molecular weight excluding hydrogens is 218 g/mol. The molecule has 1 aliphatic heterocycles. The van der Waals surface area contributed by atoms with Crippen LogP contribution in [0.5, 0.6) is 5.75 Å². The van der Waals surface area contributed by atoms with Crippen LogP contribution in [-0.2, 0) is 6.42 Å². The van der Waals surface area contributed by atoms with Crippen molar-refractivity contribution in [3.63, 3.8) is 0 Å². The number of hydrogen-bond acceptors (Lipinski definition) is 3. The molecule has 88 valence electrons. The molecule has 1 atom stereocenters. The zero-order valence-corrected chi connectivity index (χ0v) is 10.6. The first kappa shape index (κ1) is 11.8. The minimum absolute atomic E-state index is 0.636. The standard InChI is InChI=1S/C13H19NOS/c1-2-15-13-5-3-11(4-6-13)9-12-10-16-8-7-14-12/h3-6,12,14H,2,7-10H2,1H3. The highest BCUT2D eigenvalue weighted by molar-refractivity contribution is 7.99. The molecule has 0 aromatic heterocycles. The van der Waals surface area contributed by atoms with Crippen LogP contribution >= 0.6 is 11.8 Å². The third-order valence-corrected chi connectivity index (χ3v) is 3.85. The fraction of sp³-hybridized carbons (Fsp3) is 0.538. The molecule has 1 aromatic rings. The Morgan fingerprint density at radius 3 is 2.81 bits per heavy atom. The summed E-state index contributed by atoms with van der Waals surface area (Å²) in [6.07, 6.45) is 1.12. The van der Waals surface area contributed by atoms with Gasteiger partial charge in [0.25, 0.3) is 0 Å². The van der Waals surface area contributed by atoms with Crippen LogP contribution in [0.15, 0.2) is 24.3 Å².